The summed E-state index contributed by atoms with van der Waals surface area (Å²) in [5.74, 6) is 0.235. The maximum Gasteiger partial charge on any atom is 0.216 e. The number of nitrogens with zero attached hydrogens (tertiary/aromatic N) is 1. The van der Waals surface area contributed by atoms with Crippen LogP contribution in [-0.4, -0.2) is 4.98 Å². The van der Waals surface area contributed by atoms with Crippen LogP contribution in [0.3, 0.4) is 0 Å². The molecule has 4 heteroatoms. The molecule has 2 heterocycles. The Morgan fingerprint density at radius 3 is 2.91 bits per heavy atom. The van der Waals surface area contributed by atoms with Crippen molar-refractivity contribution in [1.29, 1.82) is 0 Å². The van der Waals surface area contributed by atoms with Gasteiger partial charge in [-0.3, -0.25) is 4.98 Å². The Labute approximate surface area is 62.8 Å². The molecule has 0 atom stereocenters. The highest BCUT2D eigenvalue weighted by atomic mass is 16.3. The van der Waals surface area contributed by atoms with Gasteiger partial charge in [0.2, 0.25) is 5.88 Å². The van der Waals surface area contributed by atoms with Crippen LogP contribution in [0.4, 0.5) is 11.6 Å². The predicted octanol–water partition coefficient (Wildman–Crippen LogP) is 0.992. The number of fused-ring (bicyclic) bond motifs is 1. The summed E-state index contributed by atoms with van der Waals surface area (Å²) in [6.45, 7) is 0. The summed E-state index contributed by atoms with van der Waals surface area (Å²) in [6, 6.07) is 3.54. The monoisotopic (exact) mass is 149 g/mol. The van der Waals surface area contributed by atoms with Crippen molar-refractivity contribution in [3.63, 3.8) is 0 Å². The first kappa shape index (κ1) is 6.03. The summed E-state index contributed by atoms with van der Waals surface area (Å²) in [5.41, 5.74) is 12.7. The molecule has 0 saturated carbocycles. The van der Waals surface area contributed by atoms with Crippen molar-refractivity contribution >= 4 is 22.7 Å². The number of pyridine rings is 1. The van der Waals surface area contributed by atoms with Gasteiger partial charge >= 0.3 is 0 Å². The number of furan rings is 1. The molecule has 0 fully saturated rings. The molecule has 0 aliphatic carbocycles. The van der Waals surface area contributed by atoms with Crippen molar-refractivity contribution in [3.8, 4) is 0 Å². The van der Waals surface area contributed by atoms with Gasteiger partial charge in [0, 0.05) is 6.20 Å². The lowest BCUT2D eigenvalue weighted by Gasteiger charge is -1.84. The molecule has 2 aromatic heterocycles. The third-order valence-electron chi connectivity index (χ3n) is 1.51. The molecule has 0 bridgehead atoms. The Morgan fingerprint density at radius 1 is 1.36 bits per heavy atom. The van der Waals surface area contributed by atoms with Crippen LogP contribution in [0, 0.1) is 0 Å². The number of hydrogen-bond donors (Lipinski definition) is 2. The van der Waals surface area contributed by atoms with E-state index < -0.39 is 0 Å². The summed E-state index contributed by atoms with van der Waals surface area (Å²) in [7, 11) is 0. The molecule has 0 amide bonds. The van der Waals surface area contributed by atoms with Gasteiger partial charge in [0.25, 0.3) is 0 Å². The highest BCUT2D eigenvalue weighted by Gasteiger charge is 2.07. The second-order valence-electron chi connectivity index (χ2n) is 2.23. The quantitative estimate of drug-likeness (QED) is 0.585. The lowest BCUT2D eigenvalue weighted by atomic mass is 10.3. The van der Waals surface area contributed by atoms with Crippen LogP contribution in [0.25, 0.3) is 11.1 Å². The Kier molecular flexibility index (Phi) is 1.03. The number of nitrogens with two attached hydrogens (primary N) is 2. The normalized spacial score (nSPS) is 10.5. The zero-order chi connectivity index (χ0) is 7.84. The van der Waals surface area contributed by atoms with Crippen LogP contribution in [-0.2, 0) is 0 Å². The van der Waals surface area contributed by atoms with Crippen LogP contribution in [0.2, 0.25) is 0 Å². The number of anilines is 2. The average molecular weight is 149 g/mol. The van der Waals surface area contributed by atoms with E-state index in [0.29, 0.717) is 16.8 Å². The van der Waals surface area contributed by atoms with Crippen molar-refractivity contribution in [2.75, 3.05) is 11.5 Å². The largest absolute Gasteiger partial charge is 0.437 e. The highest BCUT2D eigenvalue weighted by molar-refractivity contribution is 5.91. The fourth-order valence-corrected chi connectivity index (χ4v) is 0.965. The number of nitrogen functional groups attached to an aromatic ring is 2. The van der Waals surface area contributed by atoms with E-state index in [2.05, 4.69) is 4.98 Å². The van der Waals surface area contributed by atoms with E-state index in [1.54, 1.807) is 18.3 Å². The van der Waals surface area contributed by atoms with E-state index in [9.17, 15) is 0 Å². The molecule has 0 unspecified atom stereocenters. The predicted molar refractivity (Wildman–Crippen MR) is 42.8 cm³/mol. The highest BCUT2D eigenvalue weighted by Crippen LogP contribution is 2.27. The van der Waals surface area contributed by atoms with Gasteiger partial charge < -0.3 is 15.9 Å². The van der Waals surface area contributed by atoms with Gasteiger partial charge in [-0.2, -0.15) is 0 Å². The second-order valence-corrected chi connectivity index (χ2v) is 2.23. The van der Waals surface area contributed by atoms with Crippen molar-refractivity contribution in [2.24, 2.45) is 0 Å². The topological polar surface area (TPSA) is 78.1 Å². The second kappa shape index (κ2) is 1.88. The molecule has 0 aliphatic rings. The van der Waals surface area contributed by atoms with Crippen molar-refractivity contribution in [3.05, 3.63) is 18.3 Å². The molecule has 11 heavy (non-hydrogen) atoms. The molecule has 2 aromatic rings. The van der Waals surface area contributed by atoms with Gasteiger partial charge in [-0.05, 0) is 12.1 Å². The van der Waals surface area contributed by atoms with Gasteiger partial charge in [0.15, 0.2) is 5.58 Å². The van der Waals surface area contributed by atoms with Crippen molar-refractivity contribution in [1.82, 2.24) is 4.98 Å². The van der Waals surface area contributed by atoms with Crippen LogP contribution in [0.5, 0.6) is 0 Å². The van der Waals surface area contributed by atoms with Gasteiger partial charge in [0.1, 0.15) is 11.2 Å². The SMILES string of the molecule is Nc1oc2cccnc2c1N. The maximum atomic E-state index is 5.56. The fourth-order valence-electron chi connectivity index (χ4n) is 0.965. The minimum absolute atomic E-state index is 0.235. The van der Waals surface area contributed by atoms with Crippen molar-refractivity contribution in [2.45, 2.75) is 0 Å². The summed E-state index contributed by atoms with van der Waals surface area (Å²) in [5, 5.41) is 0. The number of rotatable bonds is 0. The lowest BCUT2D eigenvalue weighted by Crippen LogP contribution is -1.89. The minimum atomic E-state index is 0.235. The number of hydrogen-bond acceptors (Lipinski definition) is 4. The standard InChI is InChI=1S/C7H7N3O/c8-5-6-4(11-7(5)9)2-1-3-10-6/h1-3H,8-9H2. The molecule has 4 nitrogen and oxygen atoms in total. The van der Waals surface area contributed by atoms with Crippen molar-refractivity contribution < 1.29 is 4.42 Å². The molecule has 2 rings (SSSR count). The van der Waals surface area contributed by atoms with Gasteiger partial charge in [0.05, 0.1) is 0 Å². The van der Waals surface area contributed by atoms with E-state index in [1.807, 2.05) is 0 Å². The van der Waals surface area contributed by atoms with E-state index >= 15 is 0 Å². The smallest absolute Gasteiger partial charge is 0.216 e. The lowest BCUT2D eigenvalue weighted by molar-refractivity contribution is 0.638. The van der Waals surface area contributed by atoms with E-state index in [4.69, 9.17) is 15.9 Å². The summed E-state index contributed by atoms with van der Waals surface area (Å²) in [6.07, 6.45) is 1.65. The molecule has 0 aromatic carbocycles. The molecule has 0 radical (unpaired) electrons. The average Bonchev–Trinajstić information content (AvgIpc) is 2.30. The Bertz CT molecular complexity index is 393. The van der Waals surface area contributed by atoms with Gasteiger partial charge in [-0.25, -0.2) is 0 Å². The zero-order valence-corrected chi connectivity index (χ0v) is 5.74. The maximum absolute atomic E-state index is 5.56. The first-order valence-electron chi connectivity index (χ1n) is 3.17. The molecule has 0 saturated heterocycles. The van der Waals surface area contributed by atoms with E-state index in [-0.39, 0.29) is 5.88 Å². The molecule has 0 spiro atoms. The Morgan fingerprint density at radius 2 is 2.18 bits per heavy atom. The minimum Gasteiger partial charge on any atom is -0.437 e. The molecule has 4 N–H and O–H groups in total. The molecule has 0 aliphatic heterocycles. The molecule has 56 valence electrons. The number of aromatic nitrogens is 1. The van der Waals surface area contributed by atoms with Gasteiger partial charge in [-0.1, -0.05) is 0 Å². The molecular formula is C7H7N3O. The first-order chi connectivity index (χ1) is 5.29. The molecular weight excluding hydrogens is 142 g/mol. The third-order valence-corrected chi connectivity index (χ3v) is 1.51. The van der Waals surface area contributed by atoms with Crippen LogP contribution >= 0.6 is 0 Å². The Balaban J connectivity index is 2.92. The van der Waals surface area contributed by atoms with E-state index in [0.717, 1.165) is 0 Å². The first-order valence-corrected chi connectivity index (χ1v) is 3.17. The van der Waals surface area contributed by atoms with Crippen LogP contribution in [0.15, 0.2) is 22.7 Å². The van der Waals surface area contributed by atoms with Crippen LogP contribution < -0.4 is 11.5 Å². The Hall–Kier alpha value is -1.71. The van der Waals surface area contributed by atoms with E-state index in [1.165, 1.54) is 0 Å². The zero-order valence-electron chi connectivity index (χ0n) is 5.74. The van der Waals surface area contributed by atoms with Gasteiger partial charge in [-0.15, -0.1) is 0 Å². The summed E-state index contributed by atoms with van der Waals surface area (Å²) < 4.78 is 5.09. The van der Waals surface area contributed by atoms with Crippen LogP contribution in [0.1, 0.15) is 0 Å². The fraction of sp³-hybridized carbons (Fsp3) is 0. The third kappa shape index (κ3) is 0.724. The summed E-state index contributed by atoms with van der Waals surface area (Å²) in [4.78, 5) is 4.00. The summed E-state index contributed by atoms with van der Waals surface area (Å²) >= 11 is 0.